The third kappa shape index (κ3) is 48.0. The average molecular weight is 908 g/mol. The summed E-state index contributed by atoms with van der Waals surface area (Å²) in [6.45, 7) is 4.55. The summed E-state index contributed by atoms with van der Waals surface area (Å²) in [5.74, 6) is -2.35. The summed E-state index contributed by atoms with van der Waals surface area (Å²) in [5, 5.41) is 11.7. The molecule has 0 heterocycles. The van der Waals surface area contributed by atoms with Crippen molar-refractivity contribution in [1.82, 2.24) is 0 Å². The number of unbranched alkanes of at least 4 members (excludes halogenated alkanes) is 14. The molecule has 0 rings (SSSR count). The summed E-state index contributed by atoms with van der Waals surface area (Å²) >= 11 is 0. The number of hydrogen-bond acceptors (Lipinski definition) is 8. The SMILES string of the molecule is CC/C=C\C/C=C\C/C=C\C/C=C\C/C=C\C/C=C\C/C=C\CCCCCC(=O)OC(COC(=O)CCCCCCC/C=C\CCCCCCCC)COC(OCC[N+](C)(C)C)C(=O)[O-]. The van der Waals surface area contributed by atoms with Gasteiger partial charge in [0.2, 0.25) is 0 Å². The van der Waals surface area contributed by atoms with E-state index in [0.29, 0.717) is 17.4 Å². The molecule has 2 unspecified atom stereocenters. The largest absolute Gasteiger partial charge is 0.545 e. The molecule has 0 amide bonds. The molecule has 0 saturated carbocycles. The van der Waals surface area contributed by atoms with Crippen molar-refractivity contribution < 1.29 is 42.9 Å². The summed E-state index contributed by atoms with van der Waals surface area (Å²) < 4.78 is 22.6. The Kier molecular flexibility index (Phi) is 44.0. The van der Waals surface area contributed by atoms with Gasteiger partial charge < -0.3 is 33.3 Å². The lowest BCUT2D eigenvalue weighted by Crippen LogP contribution is -2.44. The van der Waals surface area contributed by atoms with Gasteiger partial charge in [-0.3, -0.25) is 9.59 Å². The van der Waals surface area contributed by atoms with Gasteiger partial charge in [-0.1, -0.05) is 169 Å². The summed E-state index contributed by atoms with van der Waals surface area (Å²) in [7, 11) is 5.89. The lowest BCUT2D eigenvalue weighted by Gasteiger charge is -2.26. The van der Waals surface area contributed by atoms with E-state index in [2.05, 4.69) is 111 Å². The van der Waals surface area contributed by atoms with Gasteiger partial charge in [-0.15, -0.1) is 0 Å². The van der Waals surface area contributed by atoms with Gasteiger partial charge in [0, 0.05) is 12.8 Å². The highest BCUT2D eigenvalue weighted by Gasteiger charge is 2.21. The lowest BCUT2D eigenvalue weighted by molar-refractivity contribution is -0.870. The predicted octanol–water partition coefficient (Wildman–Crippen LogP) is 12.9. The van der Waals surface area contributed by atoms with Crippen LogP contribution in [0.15, 0.2) is 97.2 Å². The molecule has 0 radical (unpaired) electrons. The number of hydrogen-bond donors (Lipinski definition) is 0. The molecule has 0 aromatic carbocycles. The van der Waals surface area contributed by atoms with Crippen LogP contribution >= 0.6 is 0 Å². The van der Waals surface area contributed by atoms with Crippen LogP contribution in [0.5, 0.6) is 0 Å². The molecule has 0 saturated heterocycles. The summed E-state index contributed by atoms with van der Waals surface area (Å²) in [6, 6.07) is 0. The standard InChI is InChI=1S/C56H93NO8/c1-6-8-10-12-14-16-18-20-22-23-24-25-26-27-28-29-30-31-33-35-37-39-41-43-45-47-54(59)65-52(51-64-56(55(60)61)62-49-48-57(3,4)5)50-63-53(58)46-44-42-40-38-36-34-32-21-19-17-15-13-11-9-7-2/h8,10,14,16,20-22,24-25,27-28,30-32,35,37,52,56H,6-7,9,11-13,15,17-19,23,26,29,33-34,36,38-51H2,1-5H3/b10-8-,16-14-,22-20-,25-24-,28-27-,31-30-,32-21-,37-35-. The highest BCUT2D eigenvalue weighted by Crippen LogP contribution is 2.12. The number of nitrogens with zero attached hydrogens (tertiary/aromatic N) is 1. The molecule has 9 heteroatoms. The van der Waals surface area contributed by atoms with Crippen LogP contribution in [0.2, 0.25) is 0 Å². The van der Waals surface area contributed by atoms with E-state index in [1.54, 1.807) is 0 Å². The molecular formula is C56H93NO8. The van der Waals surface area contributed by atoms with E-state index in [-0.39, 0.29) is 38.6 Å². The maximum absolute atomic E-state index is 12.8. The Morgan fingerprint density at radius 3 is 1.34 bits per heavy atom. The topological polar surface area (TPSA) is 111 Å². The number of ether oxygens (including phenoxy) is 4. The molecule has 0 aliphatic rings. The van der Waals surface area contributed by atoms with Gasteiger partial charge in [0.15, 0.2) is 12.4 Å². The third-order valence-corrected chi connectivity index (χ3v) is 10.3. The van der Waals surface area contributed by atoms with Crippen LogP contribution < -0.4 is 5.11 Å². The van der Waals surface area contributed by atoms with Gasteiger partial charge >= 0.3 is 11.9 Å². The molecular weight excluding hydrogens is 815 g/mol. The molecule has 0 bridgehead atoms. The second-order valence-electron chi connectivity index (χ2n) is 17.7. The molecule has 65 heavy (non-hydrogen) atoms. The van der Waals surface area contributed by atoms with Crippen LogP contribution in [0.25, 0.3) is 0 Å². The number of likely N-dealkylation sites (N-methyl/N-ethyl adjacent to an activating group) is 1. The normalized spacial score (nSPS) is 13.7. The molecule has 0 aliphatic heterocycles. The minimum absolute atomic E-state index is 0.134. The fraction of sp³-hybridized carbons (Fsp3) is 0.661. The smallest absolute Gasteiger partial charge is 0.306 e. The zero-order chi connectivity index (χ0) is 47.7. The average Bonchev–Trinajstić information content (AvgIpc) is 3.27. The molecule has 0 spiro atoms. The lowest BCUT2D eigenvalue weighted by atomic mass is 10.1. The van der Waals surface area contributed by atoms with Crippen LogP contribution in [-0.4, -0.2) is 82.3 Å². The van der Waals surface area contributed by atoms with Crippen molar-refractivity contribution in [1.29, 1.82) is 0 Å². The van der Waals surface area contributed by atoms with Crippen molar-refractivity contribution in [2.24, 2.45) is 0 Å². The second-order valence-corrected chi connectivity index (χ2v) is 17.7. The highest BCUT2D eigenvalue weighted by molar-refractivity contribution is 5.70. The van der Waals surface area contributed by atoms with Gasteiger partial charge in [-0.25, -0.2) is 0 Å². The van der Waals surface area contributed by atoms with Crippen molar-refractivity contribution >= 4 is 17.9 Å². The molecule has 0 fully saturated rings. The van der Waals surface area contributed by atoms with Crippen molar-refractivity contribution in [2.45, 2.75) is 193 Å². The maximum atomic E-state index is 12.8. The van der Waals surface area contributed by atoms with E-state index < -0.39 is 24.3 Å². The number of carbonyl (C=O) groups excluding carboxylic acids is 3. The van der Waals surface area contributed by atoms with E-state index in [1.807, 2.05) is 21.1 Å². The molecule has 0 N–H and O–H groups in total. The summed E-state index contributed by atoms with van der Waals surface area (Å²) in [4.78, 5) is 37.1. The fourth-order valence-electron chi connectivity index (χ4n) is 6.39. The number of quaternary nitrogens is 1. The predicted molar refractivity (Wildman–Crippen MR) is 269 cm³/mol. The Hall–Kier alpha value is -3.79. The number of carboxylic acid groups (broad SMARTS) is 1. The van der Waals surface area contributed by atoms with Crippen LogP contribution in [0, 0.1) is 0 Å². The monoisotopic (exact) mass is 908 g/mol. The first-order chi connectivity index (χ1) is 31.6. The van der Waals surface area contributed by atoms with E-state index in [0.717, 1.165) is 103 Å². The molecule has 370 valence electrons. The van der Waals surface area contributed by atoms with Crippen molar-refractivity contribution in [2.75, 3.05) is 47.5 Å². The summed E-state index contributed by atoms with van der Waals surface area (Å²) in [6.07, 6.45) is 58.7. The fourth-order valence-corrected chi connectivity index (χ4v) is 6.39. The molecule has 2 atom stereocenters. The minimum atomic E-state index is -1.64. The molecule has 0 aromatic rings. The number of carboxylic acids is 1. The Balaban J connectivity index is 4.46. The second kappa shape index (κ2) is 46.7. The Bertz CT molecular complexity index is 1380. The van der Waals surface area contributed by atoms with Gasteiger partial charge in [0.1, 0.15) is 13.2 Å². The Morgan fingerprint density at radius 1 is 0.477 bits per heavy atom. The maximum Gasteiger partial charge on any atom is 0.306 e. The number of carbonyl (C=O) groups is 3. The van der Waals surface area contributed by atoms with Crippen LogP contribution in [0.4, 0.5) is 0 Å². The van der Waals surface area contributed by atoms with Gasteiger partial charge in [0.25, 0.3) is 0 Å². The Labute approximate surface area is 397 Å². The minimum Gasteiger partial charge on any atom is -0.545 e. The number of aliphatic carboxylic acids is 1. The van der Waals surface area contributed by atoms with Gasteiger partial charge in [0.05, 0.1) is 40.3 Å². The van der Waals surface area contributed by atoms with Crippen LogP contribution in [0.1, 0.15) is 181 Å². The third-order valence-electron chi connectivity index (χ3n) is 10.3. The van der Waals surface area contributed by atoms with Crippen molar-refractivity contribution in [3.63, 3.8) is 0 Å². The molecule has 0 aliphatic carbocycles. The van der Waals surface area contributed by atoms with E-state index in [4.69, 9.17) is 18.9 Å². The van der Waals surface area contributed by atoms with E-state index >= 15 is 0 Å². The Morgan fingerprint density at radius 2 is 0.877 bits per heavy atom. The number of esters is 2. The van der Waals surface area contributed by atoms with Gasteiger partial charge in [-0.2, -0.15) is 0 Å². The van der Waals surface area contributed by atoms with Gasteiger partial charge in [-0.05, 0) is 96.3 Å². The zero-order valence-corrected chi connectivity index (χ0v) is 41.8. The zero-order valence-electron chi connectivity index (χ0n) is 41.8. The summed E-state index contributed by atoms with van der Waals surface area (Å²) in [5.41, 5.74) is 0. The first-order valence-corrected chi connectivity index (χ1v) is 25.4. The van der Waals surface area contributed by atoms with E-state index in [1.165, 1.54) is 44.9 Å². The number of rotatable bonds is 45. The first kappa shape index (κ1) is 61.2. The highest BCUT2D eigenvalue weighted by atomic mass is 16.7. The van der Waals surface area contributed by atoms with E-state index in [9.17, 15) is 19.5 Å². The van der Waals surface area contributed by atoms with Crippen molar-refractivity contribution in [3.8, 4) is 0 Å². The first-order valence-electron chi connectivity index (χ1n) is 25.4. The molecule has 0 aromatic heterocycles. The molecule has 9 nitrogen and oxygen atoms in total. The van der Waals surface area contributed by atoms with Crippen LogP contribution in [-0.2, 0) is 33.3 Å². The quantitative estimate of drug-likeness (QED) is 0.0195. The van der Waals surface area contributed by atoms with Crippen LogP contribution in [0.3, 0.4) is 0 Å². The van der Waals surface area contributed by atoms with Crippen molar-refractivity contribution in [3.05, 3.63) is 97.2 Å². The number of allylic oxidation sites excluding steroid dienone is 16.